The van der Waals surface area contributed by atoms with Crippen LogP contribution in [0.15, 0.2) is 180 Å². The molecule has 1 N–H and O–H groups in total. The van der Waals surface area contributed by atoms with Gasteiger partial charge >= 0.3 is 0 Å². The van der Waals surface area contributed by atoms with Crippen LogP contribution in [0.25, 0.3) is 55.0 Å². The van der Waals surface area contributed by atoms with Gasteiger partial charge in [0, 0.05) is 44.0 Å². The van der Waals surface area contributed by atoms with Crippen LogP contribution in [0.1, 0.15) is 28.4 Å². The maximum absolute atomic E-state index is 9.39. The first-order valence-corrected chi connectivity index (χ1v) is 17.3. The fourth-order valence-electron chi connectivity index (χ4n) is 7.58. The quantitative estimate of drug-likeness (QED) is 0.199. The number of aliphatic imine (C=N–C) groups is 2. The molecule has 0 amide bonds. The van der Waals surface area contributed by atoms with E-state index in [9.17, 15) is 5.26 Å². The third-order valence-corrected chi connectivity index (χ3v) is 9.99. The molecular formula is C46H30N6. The van der Waals surface area contributed by atoms with Gasteiger partial charge < -0.3 is 14.5 Å². The summed E-state index contributed by atoms with van der Waals surface area (Å²) in [5.74, 6) is 1.39. The molecule has 3 heterocycles. The minimum Gasteiger partial charge on any atom is -0.344 e. The number of para-hydroxylation sites is 3. The van der Waals surface area contributed by atoms with Crippen molar-refractivity contribution in [3.8, 4) is 17.4 Å². The van der Waals surface area contributed by atoms with E-state index in [1.807, 2.05) is 42.5 Å². The summed E-state index contributed by atoms with van der Waals surface area (Å²) in [7, 11) is 0. The number of hydrogen-bond acceptors (Lipinski definition) is 4. The van der Waals surface area contributed by atoms with Crippen LogP contribution in [0.5, 0.6) is 0 Å². The number of amidine groups is 2. The standard InChI is InChI=1S/C46H30N6/c47-29-30-22-24-32(25-23-30)45-48-44(31-12-3-1-4-13-31)49-46(50-45)33-14-11-17-35(26-33)52-41-21-10-8-19-37(41)39-27-38-36-18-7-9-20-40(36)51(42(38)28-43(39)52)34-15-5-2-6-16-34/h1-28,45H,(H,48,49,50). The lowest BCUT2D eigenvalue weighted by Gasteiger charge is -2.24. The lowest BCUT2D eigenvalue weighted by Crippen LogP contribution is -2.33. The largest absolute Gasteiger partial charge is 0.344 e. The third kappa shape index (κ3) is 4.79. The van der Waals surface area contributed by atoms with E-state index in [0.29, 0.717) is 11.4 Å². The Bertz CT molecular complexity index is 2930. The summed E-state index contributed by atoms with van der Waals surface area (Å²) in [4.78, 5) is 10.2. The third-order valence-electron chi connectivity index (χ3n) is 9.99. The van der Waals surface area contributed by atoms with Crippen molar-refractivity contribution >= 4 is 55.3 Å². The van der Waals surface area contributed by atoms with E-state index in [4.69, 9.17) is 9.98 Å². The second-order valence-corrected chi connectivity index (χ2v) is 13.0. The van der Waals surface area contributed by atoms with Gasteiger partial charge in [-0.3, -0.25) is 0 Å². The molecule has 10 rings (SSSR count). The monoisotopic (exact) mass is 666 g/mol. The molecule has 0 saturated carbocycles. The van der Waals surface area contributed by atoms with Crippen LogP contribution >= 0.6 is 0 Å². The molecule has 244 valence electrons. The van der Waals surface area contributed by atoms with Crippen molar-refractivity contribution in [2.45, 2.75) is 6.17 Å². The molecule has 0 saturated heterocycles. The van der Waals surface area contributed by atoms with Crippen LogP contribution in [0.3, 0.4) is 0 Å². The molecule has 7 aromatic carbocycles. The molecule has 0 spiro atoms. The zero-order chi connectivity index (χ0) is 34.6. The van der Waals surface area contributed by atoms with Crippen LogP contribution in [-0.2, 0) is 0 Å². The number of fused-ring (bicyclic) bond motifs is 6. The van der Waals surface area contributed by atoms with Gasteiger partial charge in [0.2, 0.25) is 0 Å². The van der Waals surface area contributed by atoms with E-state index in [1.54, 1.807) is 0 Å². The molecule has 0 radical (unpaired) electrons. The smallest absolute Gasteiger partial charge is 0.159 e. The first-order valence-electron chi connectivity index (χ1n) is 17.3. The van der Waals surface area contributed by atoms with Crippen molar-refractivity contribution in [1.29, 1.82) is 5.26 Å². The summed E-state index contributed by atoms with van der Waals surface area (Å²) >= 11 is 0. The first kappa shape index (κ1) is 29.7. The SMILES string of the molecule is N#Cc1ccc(C2N=C(c3cccc(-n4c5ccccc5c5cc6c7ccccc7n(-c7ccccc7)c6cc54)c3)N=C(c3ccccc3)N2)cc1. The molecular weight excluding hydrogens is 637 g/mol. The summed E-state index contributed by atoms with van der Waals surface area (Å²) < 4.78 is 4.73. The van der Waals surface area contributed by atoms with Gasteiger partial charge in [0.15, 0.2) is 5.84 Å². The Morgan fingerprint density at radius 1 is 0.500 bits per heavy atom. The lowest BCUT2D eigenvalue weighted by atomic mass is 10.1. The van der Waals surface area contributed by atoms with E-state index in [2.05, 4.69) is 148 Å². The fourth-order valence-corrected chi connectivity index (χ4v) is 7.58. The number of nitrogens with zero attached hydrogens (tertiary/aromatic N) is 5. The number of benzene rings is 7. The van der Waals surface area contributed by atoms with E-state index in [1.165, 1.54) is 27.1 Å². The Morgan fingerprint density at radius 3 is 1.75 bits per heavy atom. The summed E-state index contributed by atoms with van der Waals surface area (Å²) in [5, 5.41) is 17.8. The topological polar surface area (TPSA) is 70.4 Å². The Hall–Kier alpha value is -7.23. The van der Waals surface area contributed by atoms with Crippen molar-refractivity contribution < 1.29 is 0 Å². The number of nitrogens with one attached hydrogen (secondary N) is 1. The average molecular weight is 667 g/mol. The predicted octanol–water partition coefficient (Wildman–Crippen LogP) is 10.2. The van der Waals surface area contributed by atoms with E-state index in [0.717, 1.165) is 50.5 Å². The number of aromatic nitrogens is 2. The summed E-state index contributed by atoms with van der Waals surface area (Å²) in [6, 6.07) is 61.0. The molecule has 2 aromatic heterocycles. The van der Waals surface area contributed by atoms with E-state index in [-0.39, 0.29) is 6.17 Å². The van der Waals surface area contributed by atoms with Crippen LogP contribution in [0, 0.1) is 11.3 Å². The average Bonchev–Trinajstić information content (AvgIpc) is 3.72. The summed E-state index contributed by atoms with van der Waals surface area (Å²) in [6.45, 7) is 0. The molecule has 1 unspecified atom stereocenters. The second kappa shape index (κ2) is 12.0. The highest BCUT2D eigenvalue weighted by Gasteiger charge is 2.23. The first-order chi connectivity index (χ1) is 25.7. The number of nitriles is 1. The molecule has 6 heteroatoms. The predicted molar refractivity (Wildman–Crippen MR) is 212 cm³/mol. The van der Waals surface area contributed by atoms with Gasteiger partial charge in [-0.25, -0.2) is 9.98 Å². The van der Waals surface area contributed by atoms with E-state index >= 15 is 0 Å². The molecule has 9 aromatic rings. The van der Waals surface area contributed by atoms with Crippen molar-refractivity contribution in [1.82, 2.24) is 14.5 Å². The zero-order valence-corrected chi connectivity index (χ0v) is 28.0. The van der Waals surface area contributed by atoms with Crippen LogP contribution in [0.4, 0.5) is 0 Å². The normalized spacial score (nSPS) is 14.3. The Labute approximate surface area is 299 Å². The summed E-state index contributed by atoms with van der Waals surface area (Å²) in [6.07, 6.45) is -0.375. The van der Waals surface area contributed by atoms with Gasteiger partial charge in [0.25, 0.3) is 0 Å². The molecule has 1 atom stereocenters. The number of rotatable bonds is 5. The molecule has 0 fully saturated rings. The minimum absolute atomic E-state index is 0.375. The lowest BCUT2D eigenvalue weighted by molar-refractivity contribution is 0.674. The molecule has 0 bridgehead atoms. The maximum Gasteiger partial charge on any atom is 0.159 e. The molecule has 52 heavy (non-hydrogen) atoms. The molecule has 0 aliphatic carbocycles. The van der Waals surface area contributed by atoms with Gasteiger partial charge in [0.1, 0.15) is 12.0 Å². The highest BCUT2D eigenvalue weighted by Crippen LogP contribution is 2.39. The molecule has 1 aliphatic heterocycles. The van der Waals surface area contributed by atoms with Gasteiger partial charge in [-0.2, -0.15) is 5.26 Å². The van der Waals surface area contributed by atoms with E-state index < -0.39 is 0 Å². The van der Waals surface area contributed by atoms with Gasteiger partial charge in [-0.1, -0.05) is 109 Å². The van der Waals surface area contributed by atoms with Crippen molar-refractivity contribution in [3.05, 3.63) is 192 Å². The molecule has 6 nitrogen and oxygen atoms in total. The Morgan fingerprint density at radius 2 is 1.08 bits per heavy atom. The van der Waals surface area contributed by atoms with Crippen LogP contribution < -0.4 is 5.32 Å². The van der Waals surface area contributed by atoms with Gasteiger partial charge in [-0.05, 0) is 66.2 Å². The van der Waals surface area contributed by atoms with Gasteiger partial charge in [-0.15, -0.1) is 0 Å². The number of hydrogen-bond donors (Lipinski definition) is 1. The Balaban J connectivity index is 1.18. The molecule has 1 aliphatic rings. The zero-order valence-electron chi connectivity index (χ0n) is 28.0. The summed E-state index contributed by atoms with van der Waals surface area (Å²) in [5.41, 5.74) is 10.2. The van der Waals surface area contributed by atoms with Gasteiger partial charge in [0.05, 0.1) is 33.7 Å². The van der Waals surface area contributed by atoms with Crippen molar-refractivity contribution in [2.75, 3.05) is 0 Å². The highest BCUT2D eigenvalue weighted by molar-refractivity contribution is 6.19. The second-order valence-electron chi connectivity index (χ2n) is 13.0. The van der Waals surface area contributed by atoms with Crippen LogP contribution in [0.2, 0.25) is 0 Å². The maximum atomic E-state index is 9.39. The van der Waals surface area contributed by atoms with Crippen molar-refractivity contribution in [2.24, 2.45) is 9.98 Å². The van der Waals surface area contributed by atoms with Crippen molar-refractivity contribution in [3.63, 3.8) is 0 Å². The Kier molecular flexibility index (Phi) is 6.83. The van der Waals surface area contributed by atoms with Crippen LogP contribution in [-0.4, -0.2) is 20.8 Å². The highest BCUT2D eigenvalue weighted by atomic mass is 15.2. The fraction of sp³-hybridized carbons (Fsp3) is 0.0217. The minimum atomic E-state index is -0.375.